The Balaban J connectivity index is 1.50. The van der Waals surface area contributed by atoms with Gasteiger partial charge >= 0.3 is 0 Å². The van der Waals surface area contributed by atoms with Crippen molar-refractivity contribution in [1.82, 2.24) is 19.9 Å². The number of anilines is 2. The molecule has 1 aliphatic heterocycles. The monoisotopic (exact) mass is 515 g/mol. The Morgan fingerprint density at radius 3 is 2.74 bits per heavy atom. The lowest BCUT2D eigenvalue weighted by Gasteiger charge is -2.32. The molecule has 38 heavy (non-hydrogen) atoms. The van der Waals surface area contributed by atoms with Gasteiger partial charge in [-0.3, -0.25) is 4.79 Å². The summed E-state index contributed by atoms with van der Waals surface area (Å²) in [6.45, 7) is 12.0. The van der Waals surface area contributed by atoms with Crippen molar-refractivity contribution in [2.24, 2.45) is 5.73 Å². The lowest BCUT2D eigenvalue weighted by molar-refractivity contribution is 0.130. The van der Waals surface area contributed by atoms with E-state index in [4.69, 9.17) is 16.2 Å². The fourth-order valence-electron chi connectivity index (χ4n) is 4.93. The number of H-pyrrole nitrogens is 1. The average molecular weight is 516 g/mol. The smallest absolute Gasteiger partial charge is 0.257 e. The van der Waals surface area contributed by atoms with Crippen LogP contribution in [-0.2, 0) is 4.74 Å². The van der Waals surface area contributed by atoms with Crippen LogP contribution in [0.15, 0.2) is 48.0 Å². The Morgan fingerprint density at radius 1 is 1.29 bits per heavy atom. The Kier molecular flexibility index (Phi) is 8.60. The summed E-state index contributed by atoms with van der Waals surface area (Å²) < 4.78 is 5.22. The molecule has 3 heterocycles. The van der Waals surface area contributed by atoms with Gasteiger partial charge in [0.1, 0.15) is 11.5 Å². The van der Waals surface area contributed by atoms with Crippen LogP contribution < -0.4 is 22.3 Å². The molecule has 6 N–H and O–H groups in total. The molecule has 4 rings (SSSR count). The molecule has 2 aromatic heterocycles. The van der Waals surface area contributed by atoms with E-state index in [1.165, 1.54) is 17.3 Å². The van der Waals surface area contributed by atoms with Gasteiger partial charge in [-0.2, -0.15) is 0 Å². The Hall–Kier alpha value is -3.95. The summed E-state index contributed by atoms with van der Waals surface area (Å²) in [5.74, 6) is 0.896. The van der Waals surface area contributed by atoms with Crippen molar-refractivity contribution in [3.05, 3.63) is 87.2 Å². The van der Waals surface area contributed by atoms with Crippen LogP contribution in [0.5, 0.6) is 0 Å². The first kappa shape index (κ1) is 27.1. The lowest BCUT2D eigenvalue weighted by atomic mass is 9.86. The first-order valence-electron chi connectivity index (χ1n) is 12.8. The fourth-order valence-corrected chi connectivity index (χ4v) is 4.93. The van der Waals surface area contributed by atoms with Gasteiger partial charge in [0.05, 0.1) is 29.8 Å². The van der Waals surface area contributed by atoms with Gasteiger partial charge in [-0.25, -0.2) is 9.97 Å². The molecule has 200 valence electrons. The van der Waals surface area contributed by atoms with Gasteiger partial charge in [0.15, 0.2) is 0 Å². The van der Waals surface area contributed by atoms with E-state index in [-0.39, 0.29) is 5.56 Å². The number of nitrogens with two attached hydrogens (primary N) is 2. The number of piperidine rings is 1. The van der Waals surface area contributed by atoms with Crippen molar-refractivity contribution < 1.29 is 4.74 Å². The van der Waals surface area contributed by atoms with Crippen LogP contribution in [0.25, 0.3) is 17.5 Å². The highest BCUT2D eigenvalue weighted by Gasteiger charge is 2.22. The van der Waals surface area contributed by atoms with E-state index in [1.54, 1.807) is 32.4 Å². The maximum Gasteiger partial charge on any atom is 0.257 e. The molecule has 1 saturated heterocycles. The van der Waals surface area contributed by atoms with Crippen molar-refractivity contribution in [3.8, 4) is 0 Å². The van der Waals surface area contributed by atoms with E-state index in [9.17, 15) is 4.79 Å². The third-order valence-electron chi connectivity index (χ3n) is 7.09. The number of aromatic nitrogens is 3. The first-order valence-corrected chi connectivity index (χ1v) is 12.8. The van der Waals surface area contributed by atoms with Gasteiger partial charge in [-0.05, 0) is 86.7 Å². The molecule has 0 aliphatic carbocycles. The van der Waals surface area contributed by atoms with Crippen molar-refractivity contribution in [1.29, 1.82) is 0 Å². The summed E-state index contributed by atoms with van der Waals surface area (Å²) in [7, 11) is 1.75. The Bertz CT molecular complexity index is 1390. The first-order chi connectivity index (χ1) is 18.3. The summed E-state index contributed by atoms with van der Waals surface area (Å²) in [6.07, 6.45) is 7.07. The zero-order valence-electron chi connectivity index (χ0n) is 22.4. The van der Waals surface area contributed by atoms with Crippen LogP contribution in [0.2, 0.25) is 0 Å². The van der Waals surface area contributed by atoms with Crippen LogP contribution in [-0.4, -0.2) is 53.2 Å². The van der Waals surface area contributed by atoms with E-state index >= 15 is 0 Å². The van der Waals surface area contributed by atoms with E-state index < -0.39 is 0 Å². The molecule has 9 nitrogen and oxygen atoms in total. The standard InChI is InChI=1S/C29H37N7O2/c1-18-15-23(5-6-24(18)21-8-11-36(12-9-21)13-14-38-4)34-19(2)27-22(7-10-32-29(27)37)16-25(30)26-17-33-28(31)20(3)35-26/h5-7,10,15-17,21,34H,2,8-9,11-14,30H2,1,3-4H3,(H2,31,33)(H,32,37)/b25-16-. The van der Waals surface area contributed by atoms with Gasteiger partial charge in [0.2, 0.25) is 0 Å². The van der Waals surface area contributed by atoms with Crippen LogP contribution in [0, 0.1) is 13.8 Å². The summed E-state index contributed by atoms with van der Waals surface area (Å²) in [6, 6.07) is 8.14. The van der Waals surface area contributed by atoms with E-state index in [2.05, 4.69) is 56.9 Å². The second-order valence-electron chi connectivity index (χ2n) is 9.75. The third kappa shape index (κ3) is 6.30. The minimum absolute atomic E-state index is 0.266. The van der Waals surface area contributed by atoms with E-state index in [0.717, 1.165) is 44.8 Å². The number of nitrogens with one attached hydrogen (secondary N) is 2. The number of likely N-dealkylation sites (tertiary alicyclic amines) is 1. The number of aromatic amines is 1. The number of methoxy groups -OCH3 is 1. The van der Waals surface area contributed by atoms with Crippen molar-refractivity contribution in [2.45, 2.75) is 32.6 Å². The van der Waals surface area contributed by atoms with Crippen molar-refractivity contribution in [2.75, 3.05) is 44.4 Å². The van der Waals surface area contributed by atoms with Crippen molar-refractivity contribution in [3.63, 3.8) is 0 Å². The Labute approximate surface area is 223 Å². The molecule has 1 fully saturated rings. The van der Waals surface area contributed by atoms with Crippen LogP contribution in [0.3, 0.4) is 0 Å². The topological polar surface area (TPSA) is 135 Å². The van der Waals surface area contributed by atoms with Gasteiger partial charge in [-0.15, -0.1) is 0 Å². The normalized spacial score (nSPS) is 15.0. The summed E-state index contributed by atoms with van der Waals surface area (Å²) >= 11 is 0. The number of nitrogens with zero attached hydrogens (tertiary/aromatic N) is 3. The molecule has 0 radical (unpaired) electrons. The molecule has 0 saturated carbocycles. The molecule has 1 aromatic carbocycles. The second-order valence-corrected chi connectivity index (χ2v) is 9.75. The fraction of sp³-hybridized carbons (Fsp3) is 0.345. The number of pyridine rings is 1. The van der Waals surface area contributed by atoms with E-state index in [0.29, 0.717) is 45.6 Å². The number of hydrogen-bond donors (Lipinski definition) is 4. The summed E-state index contributed by atoms with van der Waals surface area (Å²) in [5, 5.41) is 3.32. The molecular weight excluding hydrogens is 478 g/mol. The zero-order chi connectivity index (χ0) is 27.2. The SMILES string of the molecule is C=C(Nc1ccc(C2CCN(CCOC)CC2)c(C)c1)c1c(/C=C(\N)c2cnc(N)c(C)n2)cc[nH]c1=O. The highest BCUT2D eigenvalue weighted by Crippen LogP contribution is 2.32. The molecule has 0 bridgehead atoms. The van der Waals surface area contributed by atoms with Gasteiger partial charge in [0.25, 0.3) is 5.56 Å². The highest BCUT2D eigenvalue weighted by atomic mass is 16.5. The molecule has 0 atom stereocenters. The van der Waals surface area contributed by atoms with Crippen LogP contribution in [0.4, 0.5) is 11.5 Å². The minimum atomic E-state index is -0.266. The quantitative estimate of drug-likeness (QED) is 0.339. The number of hydrogen-bond acceptors (Lipinski definition) is 8. The maximum atomic E-state index is 12.8. The molecule has 1 aliphatic rings. The molecular formula is C29H37N7O2. The number of rotatable bonds is 9. The number of aryl methyl sites for hydroxylation is 2. The largest absolute Gasteiger partial charge is 0.397 e. The summed E-state index contributed by atoms with van der Waals surface area (Å²) in [4.78, 5) is 26.5. The van der Waals surface area contributed by atoms with Gasteiger partial charge in [-0.1, -0.05) is 12.6 Å². The van der Waals surface area contributed by atoms with Crippen molar-refractivity contribution >= 4 is 29.0 Å². The van der Waals surface area contributed by atoms with Gasteiger partial charge < -0.3 is 31.4 Å². The molecule has 9 heteroatoms. The molecule has 0 amide bonds. The predicted octanol–water partition coefficient (Wildman–Crippen LogP) is 3.73. The Morgan fingerprint density at radius 2 is 2.05 bits per heavy atom. The third-order valence-corrected chi connectivity index (χ3v) is 7.09. The minimum Gasteiger partial charge on any atom is -0.397 e. The number of nitrogen functional groups attached to an aromatic ring is 1. The predicted molar refractivity (Wildman–Crippen MR) is 154 cm³/mol. The number of benzene rings is 1. The maximum absolute atomic E-state index is 12.8. The molecule has 3 aromatic rings. The van der Waals surface area contributed by atoms with Crippen LogP contribution in [0.1, 0.15) is 52.4 Å². The lowest BCUT2D eigenvalue weighted by Crippen LogP contribution is -2.35. The van der Waals surface area contributed by atoms with Gasteiger partial charge in [0, 0.05) is 31.2 Å². The molecule has 0 spiro atoms. The average Bonchev–Trinajstić information content (AvgIpc) is 2.89. The highest BCUT2D eigenvalue weighted by molar-refractivity contribution is 5.85. The zero-order valence-corrected chi connectivity index (χ0v) is 22.4. The molecule has 0 unspecified atom stereocenters. The summed E-state index contributed by atoms with van der Waals surface area (Å²) in [5.41, 5.74) is 18.2. The van der Waals surface area contributed by atoms with Crippen LogP contribution >= 0.6 is 0 Å². The number of ether oxygens (including phenoxy) is 1. The van der Waals surface area contributed by atoms with E-state index in [1.807, 2.05) is 0 Å². The second kappa shape index (κ2) is 12.1.